The van der Waals surface area contributed by atoms with Crippen molar-refractivity contribution >= 4 is 11.3 Å². The van der Waals surface area contributed by atoms with Gasteiger partial charge in [0.05, 0.1) is 6.61 Å². The molecule has 13 heavy (non-hydrogen) atoms. The second-order valence-corrected chi connectivity index (χ2v) is 4.63. The number of rotatable bonds is 2. The zero-order valence-electron chi connectivity index (χ0n) is 7.69. The fourth-order valence-corrected chi connectivity index (χ4v) is 2.61. The third-order valence-electron chi connectivity index (χ3n) is 2.74. The van der Waals surface area contributed by atoms with Crippen molar-refractivity contribution < 1.29 is 9.84 Å². The Balaban J connectivity index is 2.19. The first-order valence-electron chi connectivity index (χ1n) is 4.55. The molecule has 1 fully saturated rings. The van der Waals surface area contributed by atoms with Crippen LogP contribution in [0.2, 0.25) is 0 Å². The van der Waals surface area contributed by atoms with Gasteiger partial charge in [-0.05, 0) is 24.8 Å². The molecule has 0 amide bonds. The Hall–Kier alpha value is -0.380. The molecule has 1 aromatic rings. The Morgan fingerprint density at radius 1 is 1.69 bits per heavy atom. The highest BCUT2D eigenvalue weighted by molar-refractivity contribution is 7.10. The van der Waals surface area contributed by atoms with Gasteiger partial charge in [-0.2, -0.15) is 0 Å². The minimum Gasteiger partial charge on any atom is -0.384 e. The van der Waals surface area contributed by atoms with Gasteiger partial charge in [0.15, 0.2) is 0 Å². The molecule has 1 saturated heterocycles. The molecule has 0 bridgehead atoms. The standard InChI is InChI=1S/C10H14O2S/c1-10(11,8-4-5-12-7-8)9-3-2-6-13-9/h2-3,6,8,11H,4-5,7H2,1H3. The summed E-state index contributed by atoms with van der Waals surface area (Å²) in [6.07, 6.45) is 0.963. The molecule has 2 unspecified atom stereocenters. The van der Waals surface area contributed by atoms with Gasteiger partial charge in [0, 0.05) is 17.4 Å². The molecule has 0 aromatic carbocycles. The summed E-state index contributed by atoms with van der Waals surface area (Å²) in [5.41, 5.74) is -0.704. The molecule has 0 saturated carbocycles. The van der Waals surface area contributed by atoms with E-state index in [0.29, 0.717) is 6.61 Å². The smallest absolute Gasteiger partial charge is 0.101 e. The Labute approximate surface area is 82.2 Å². The molecular weight excluding hydrogens is 184 g/mol. The zero-order chi connectivity index (χ0) is 9.31. The van der Waals surface area contributed by atoms with E-state index in [2.05, 4.69) is 0 Å². The van der Waals surface area contributed by atoms with Crippen LogP contribution in [0.15, 0.2) is 17.5 Å². The summed E-state index contributed by atoms with van der Waals surface area (Å²) >= 11 is 1.61. The van der Waals surface area contributed by atoms with Crippen molar-refractivity contribution in [3.63, 3.8) is 0 Å². The summed E-state index contributed by atoms with van der Waals surface area (Å²) in [7, 11) is 0. The van der Waals surface area contributed by atoms with E-state index in [9.17, 15) is 5.11 Å². The lowest BCUT2D eigenvalue weighted by Gasteiger charge is -2.27. The van der Waals surface area contributed by atoms with E-state index in [-0.39, 0.29) is 5.92 Å². The molecule has 2 rings (SSSR count). The van der Waals surface area contributed by atoms with E-state index in [1.165, 1.54) is 0 Å². The van der Waals surface area contributed by atoms with E-state index < -0.39 is 5.60 Å². The molecule has 72 valence electrons. The van der Waals surface area contributed by atoms with Gasteiger partial charge in [-0.15, -0.1) is 11.3 Å². The van der Waals surface area contributed by atoms with Crippen LogP contribution in [0.3, 0.4) is 0 Å². The molecule has 0 aliphatic carbocycles. The molecule has 2 heterocycles. The van der Waals surface area contributed by atoms with Gasteiger partial charge in [0.25, 0.3) is 0 Å². The minimum absolute atomic E-state index is 0.256. The van der Waals surface area contributed by atoms with Crippen LogP contribution in [-0.2, 0) is 10.3 Å². The van der Waals surface area contributed by atoms with Crippen molar-refractivity contribution in [3.8, 4) is 0 Å². The van der Waals surface area contributed by atoms with E-state index in [4.69, 9.17) is 4.74 Å². The van der Waals surface area contributed by atoms with E-state index in [0.717, 1.165) is 17.9 Å². The Morgan fingerprint density at radius 2 is 2.54 bits per heavy atom. The molecule has 1 aliphatic rings. The third-order valence-corrected chi connectivity index (χ3v) is 3.84. The highest BCUT2D eigenvalue weighted by atomic mass is 32.1. The van der Waals surface area contributed by atoms with Gasteiger partial charge in [0.2, 0.25) is 0 Å². The first-order chi connectivity index (χ1) is 6.21. The van der Waals surface area contributed by atoms with Crippen molar-refractivity contribution in [1.82, 2.24) is 0 Å². The maximum Gasteiger partial charge on any atom is 0.101 e. The molecule has 0 radical (unpaired) electrons. The van der Waals surface area contributed by atoms with Gasteiger partial charge in [0.1, 0.15) is 5.60 Å². The fraction of sp³-hybridized carbons (Fsp3) is 0.600. The van der Waals surface area contributed by atoms with Crippen molar-refractivity contribution in [2.24, 2.45) is 5.92 Å². The molecule has 3 heteroatoms. The second-order valence-electron chi connectivity index (χ2n) is 3.69. The molecule has 2 nitrogen and oxygen atoms in total. The van der Waals surface area contributed by atoms with E-state index in [1.54, 1.807) is 11.3 Å². The average Bonchev–Trinajstić information content (AvgIpc) is 2.78. The van der Waals surface area contributed by atoms with Gasteiger partial charge in [-0.1, -0.05) is 6.07 Å². The van der Waals surface area contributed by atoms with Crippen molar-refractivity contribution in [2.75, 3.05) is 13.2 Å². The Morgan fingerprint density at radius 3 is 3.08 bits per heavy atom. The predicted octanol–water partition coefficient (Wildman–Crippen LogP) is 1.99. The first kappa shape index (κ1) is 9.19. The van der Waals surface area contributed by atoms with E-state index in [1.807, 2.05) is 24.4 Å². The lowest BCUT2D eigenvalue weighted by atomic mass is 9.87. The van der Waals surface area contributed by atoms with Crippen LogP contribution in [0.25, 0.3) is 0 Å². The SMILES string of the molecule is CC(O)(c1cccs1)C1CCOC1. The summed E-state index contributed by atoms with van der Waals surface area (Å²) in [5.74, 6) is 0.256. The average molecular weight is 198 g/mol. The number of thiophene rings is 1. The van der Waals surface area contributed by atoms with Crippen LogP contribution in [0.4, 0.5) is 0 Å². The number of hydrogen-bond donors (Lipinski definition) is 1. The monoisotopic (exact) mass is 198 g/mol. The fourth-order valence-electron chi connectivity index (χ4n) is 1.75. The maximum atomic E-state index is 10.3. The molecule has 0 spiro atoms. The lowest BCUT2D eigenvalue weighted by Crippen LogP contribution is -2.31. The molecule has 1 aliphatic heterocycles. The van der Waals surface area contributed by atoms with Crippen LogP contribution >= 0.6 is 11.3 Å². The summed E-state index contributed by atoms with van der Waals surface area (Å²) in [6.45, 7) is 3.36. The highest BCUT2D eigenvalue weighted by Crippen LogP contribution is 2.36. The largest absolute Gasteiger partial charge is 0.384 e. The topological polar surface area (TPSA) is 29.5 Å². The zero-order valence-corrected chi connectivity index (χ0v) is 8.51. The normalized spacial score (nSPS) is 27.4. The Kier molecular flexibility index (Phi) is 2.41. The lowest BCUT2D eigenvalue weighted by molar-refractivity contribution is -0.00645. The van der Waals surface area contributed by atoms with Gasteiger partial charge in [-0.25, -0.2) is 0 Å². The van der Waals surface area contributed by atoms with Crippen LogP contribution in [-0.4, -0.2) is 18.3 Å². The van der Waals surface area contributed by atoms with E-state index >= 15 is 0 Å². The van der Waals surface area contributed by atoms with Crippen molar-refractivity contribution in [2.45, 2.75) is 18.9 Å². The maximum absolute atomic E-state index is 10.3. The van der Waals surface area contributed by atoms with Crippen LogP contribution in [0, 0.1) is 5.92 Å². The molecule has 2 atom stereocenters. The summed E-state index contributed by atoms with van der Waals surface area (Å²) in [5, 5.41) is 12.3. The molecule has 1 N–H and O–H groups in total. The van der Waals surface area contributed by atoms with Gasteiger partial charge >= 0.3 is 0 Å². The third kappa shape index (κ3) is 1.64. The number of aliphatic hydroxyl groups is 1. The van der Waals surface area contributed by atoms with Gasteiger partial charge in [-0.3, -0.25) is 0 Å². The Bertz CT molecular complexity index is 260. The number of hydrogen-bond acceptors (Lipinski definition) is 3. The minimum atomic E-state index is -0.704. The van der Waals surface area contributed by atoms with Crippen LogP contribution in [0.5, 0.6) is 0 Å². The number of ether oxygens (including phenoxy) is 1. The molecular formula is C10H14O2S. The van der Waals surface area contributed by atoms with Gasteiger partial charge < -0.3 is 9.84 Å². The van der Waals surface area contributed by atoms with Crippen LogP contribution < -0.4 is 0 Å². The highest BCUT2D eigenvalue weighted by Gasteiger charge is 2.36. The second kappa shape index (κ2) is 3.40. The summed E-state index contributed by atoms with van der Waals surface area (Å²) < 4.78 is 5.29. The summed E-state index contributed by atoms with van der Waals surface area (Å²) in [6, 6.07) is 3.97. The van der Waals surface area contributed by atoms with Crippen molar-refractivity contribution in [1.29, 1.82) is 0 Å². The summed E-state index contributed by atoms with van der Waals surface area (Å²) in [4.78, 5) is 1.04. The quantitative estimate of drug-likeness (QED) is 0.787. The predicted molar refractivity (Wildman–Crippen MR) is 52.8 cm³/mol. The molecule has 1 aromatic heterocycles. The van der Waals surface area contributed by atoms with Crippen molar-refractivity contribution in [3.05, 3.63) is 22.4 Å². The van der Waals surface area contributed by atoms with Crippen LogP contribution in [0.1, 0.15) is 18.2 Å². The first-order valence-corrected chi connectivity index (χ1v) is 5.43.